The van der Waals surface area contributed by atoms with Crippen molar-refractivity contribution in [1.29, 1.82) is 0 Å². The Morgan fingerprint density at radius 2 is 2.22 bits per heavy atom. The molecule has 2 unspecified atom stereocenters. The van der Waals surface area contributed by atoms with Crippen molar-refractivity contribution in [2.45, 2.75) is 38.1 Å². The Morgan fingerprint density at radius 1 is 1.44 bits per heavy atom. The number of anilines is 2. The number of hydrogen-bond acceptors (Lipinski definition) is 5. The standard InChI is InChI=1S/C13H22N4O/c1-10-4-3-5-13(7-10,8-18)17-12-6-11(14-2)15-9-16-12/h6,9-10,18H,3-5,7-8H2,1-2H3,(H2,14,15,16,17). The molecule has 1 aliphatic carbocycles. The van der Waals surface area contributed by atoms with Gasteiger partial charge in [-0.3, -0.25) is 0 Å². The van der Waals surface area contributed by atoms with Gasteiger partial charge in [-0.15, -0.1) is 0 Å². The topological polar surface area (TPSA) is 70.1 Å². The van der Waals surface area contributed by atoms with Crippen molar-refractivity contribution in [2.24, 2.45) is 5.92 Å². The third-order valence-electron chi connectivity index (χ3n) is 3.71. The molecule has 5 heteroatoms. The second kappa shape index (κ2) is 5.52. The molecule has 1 aliphatic rings. The summed E-state index contributed by atoms with van der Waals surface area (Å²) < 4.78 is 0. The molecule has 1 aromatic heterocycles. The van der Waals surface area contributed by atoms with Crippen LogP contribution in [0.1, 0.15) is 32.6 Å². The molecule has 2 atom stereocenters. The molecule has 100 valence electrons. The maximum atomic E-state index is 9.73. The van der Waals surface area contributed by atoms with Gasteiger partial charge in [-0.25, -0.2) is 9.97 Å². The van der Waals surface area contributed by atoms with Crippen molar-refractivity contribution < 1.29 is 5.11 Å². The Labute approximate surface area is 108 Å². The summed E-state index contributed by atoms with van der Waals surface area (Å²) in [5.74, 6) is 2.20. The summed E-state index contributed by atoms with van der Waals surface area (Å²) in [7, 11) is 1.83. The van der Waals surface area contributed by atoms with Gasteiger partial charge in [0.2, 0.25) is 0 Å². The van der Waals surface area contributed by atoms with Gasteiger partial charge in [0.25, 0.3) is 0 Å². The Bertz CT molecular complexity index is 398. The zero-order valence-corrected chi connectivity index (χ0v) is 11.1. The van der Waals surface area contributed by atoms with E-state index in [1.165, 1.54) is 12.7 Å². The van der Waals surface area contributed by atoms with Crippen LogP contribution in [0.25, 0.3) is 0 Å². The number of rotatable bonds is 4. The zero-order chi connectivity index (χ0) is 13.0. The predicted octanol–water partition coefficient (Wildman–Crippen LogP) is 1.87. The molecule has 18 heavy (non-hydrogen) atoms. The maximum Gasteiger partial charge on any atom is 0.131 e. The van der Waals surface area contributed by atoms with Gasteiger partial charge in [0, 0.05) is 13.1 Å². The summed E-state index contributed by atoms with van der Waals surface area (Å²) in [5.41, 5.74) is -0.225. The van der Waals surface area contributed by atoms with Gasteiger partial charge in [0.1, 0.15) is 18.0 Å². The van der Waals surface area contributed by atoms with Gasteiger partial charge in [-0.05, 0) is 18.8 Å². The molecule has 1 saturated carbocycles. The van der Waals surface area contributed by atoms with Crippen molar-refractivity contribution in [3.63, 3.8) is 0 Å². The van der Waals surface area contributed by atoms with Crippen LogP contribution in [0.2, 0.25) is 0 Å². The number of nitrogens with one attached hydrogen (secondary N) is 2. The van der Waals surface area contributed by atoms with E-state index in [1.54, 1.807) is 0 Å². The number of aromatic nitrogens is 2. The van der Waals surface area contributed by atoms with E-state index in [1.807, 2.05) is 13.1 Å². The van der Waals surface area contributed by atoms with Crippen LogP contribution in [0.5, 0.6) is 0 Å². The normalized spacial score (nSPS) is 27.8. The third-order valence-corrected chi connectivity index (χ3v) is 3.71. The first-order valence-corrected chi connectivity index (χ1v) is 6.56. The SMILES string of the molecule is CNc1cc(NC2(CO)CCCC(C)C2)ncn1. The van der Waals surface area contributed by atoms with E-state index in [2.05, 4.69) is 27.5 Å². The van der Waals surface area contributed by atoms with E-state index in [9.17, 15) is 5.11 Å². The largest absolute Gasteiger partial charge is 0.394 e. The molecular weight excluding hydrogens is 228 g/mol. The van der Waals surface area contributed by atoms with Crippen LogP contribution in [-0.2, 0) is 0 Å². The molecule has 1 aromatic rings. The number of aliphatic hydroxyl groups is 1. The minimum Gasteiger partial charge on any atom is -0.394 e. The number of aliphatic hydroxyl groups excluding tert-OH is 1. The molecule has 0 bridgehead atoms. The summed E-state index contributed by atoms with van der Waals surface area (Å²) in [6, 6.07) is 1.87. The van der Waals surface area contributed by atoms with E-state index >= 15 is 0 Å². The maximum absolute atomic E-state index is 9.73. The number of hydrogen-bond donors (Lipinski definition) is 3. The van der Waals surface area contributed by atoms with Gasteiger partial charge >= 0.3 is 0 Å². The van der Waals surface area contributed by atoms with E-state index < -0.39 is 0 Å². The summed E-state index contributed by atoms with van der Waals surface area (Å²) in [6.45, 7) is 2.39. The first-order valence-electron chi connectivity index (χ1n) is 6.56. The molecule has 1 fully saturated rings. The highest BCUT2D eigenvalue weighted by Crippen LogP contribution is 2.34. The lowest BCUT2D eigenvalue weighted by atomic mass is 9.77. The Kier molecular flexibility index (Phi) is 4.01. The third kappa shape index (κ3) is 2.90. The van der Waals surface area contributed by atoms with Crippen LogP contribution in [0.3, 0.4) is 0 Å². The lowest BCUT2D eigenvalue weighted by Crippen LogP contribution is -2.46. The minimum atomic E-state index is -0.225. The molecule has 2 rings (SSSR count). The Hall–Kier alpha value is -1.36. The Balaban J connectivity index is 2.13. The quantitative estimate of drug-likeness (QED) is 0.761. The van der Waals surface area contributed by atoms with E-state index in [-0.39, 0.29) is 12.1 Å². The highest BCUT2D eigenvalue weighted by Gasteiger charge is 2.34. The van der Waals surface area contributed by atoms with Gasteiger partial charge < -0.3 is 15.7 Å². The summed E-state index contributed by atoms with van der Waals surface area (Å²) in [5, 5.41) is 16.1. The summed E-state index contributed by atoms with van der Waals surface area (Å²) in [6.07, 6.45) is 5.91. The van der Waals surface area contributed by atoms with Crippen molar-refractivity contribution in [3.05, 3.63) is 12.4 Å². The zero-order valence-electron chi connectivity index (χ0n) is 11.1. The summed E-state index contributed by atoms with van der Waals surface area (Å²) in [4.78, 5) is 8.32. The fraction of sp³-hybridized carbons (Fsp3) is 0.692. The monoisotopic (exact) mass is 250 g/mol. The van der Waals surface area contributed by atoms with Crippen LogP contribution >= 0.6 is 0 Å². The average Bonchev–Trinajstić information content (AvgIpc) is 2.39. The highest BCUT2D eigenvalue weighted by molar-refractivity contribution is 5.47. The lowest BCUT2D eigenvalue weighted by molar-refractivity contribution is 0.149. The molecule has 5 nitrogen and oxygen atoms in total. The first-order chi connectivity index (χ1) is 8.67. The first kappa shape index (κ1) is 13.1. The van der Waals surface area contributed by atoms with Crippen molar-refractivity contribution >= 4 is 11.6 Å². The molecule has 0 radical (unpaired) electrons. The molecule has 0 spiro atoms. The molecule has 0 amide bonds. The van der Waals surface area contributed by atoms with Crippen molar-refractivity contribution in [1.82, 2.24) is 9.97 Å². The van der Waals surface area contributed by atoms with Crippen molar-refractivity contribution in [3.8, 4) is 0 Å². The van der Waals surface area contributed by atoms with Gasteiger partial charge in [-0.1, -0.05) is 19.8 Å². The molecule has 0 aromatic carbocycles. The minimum absolute atomic E-state index is 0.149. The van der Waals surface area contributed by atoms with Crippen LogP contribution < -0.4 is 10.6 Å². The highest BCUT2D eigenvalue weighted by atomic mass is 16.3. The smallest absolute Gasteiger partial charge is 0.131 e. The predicted molar refractivity (Wildman–Crippen MR) is 72.7 cm³/mol. The van der Waals surface area contributed by atoms with Crippen LogP contribution in [0.15, 0.2) is 12.4 Å². The number of nitrogens with zero attached hydrogens (tertiary/aromatic N) is 2. The second-order valence-electron chi connectivity index (χ2n) is 5.30. The van der Waals surface area contributed by atoms with Gasteiger partial charge in [-0.2, -0.15) is 0 Å². The second-order valence-corrected chi connectivity index (χ2v) is 5.30. The Morgan fingerprint density at radius 3 is 2.89 bits per heavy atom. The van der Waals surface area contributed by atoms with Gasteiger partial charge in [0.05, 0.1) is 12.1 Å². The van der Waals surface area contributed by atoms with E-state index in [4.69, 9.17) is 0 Å². The van der Waals surface area contributed by atoms with Crippen LogP contribution in [0, 0.1) is 5.92 Å². The molecular formula is C13H22N4O. The van der Waals surface area contributed by atoms with Crippen LogP contribution in [0.4, 0.5) is 11.6 Å². The van der Waals surface area contributed by atoms with Gasteiger partial charge in [0.15, 0.2) is 0 Å². The summed E-state index contributed by atoms with van der Waals surface area (Å²) >= 11 is 0. The fourth-order valence-electron chi connectivity index (χ4n) is 2.79. The van der Waals surface area contributed by atoms with Crippen molar-refractivity contribution in [2.75, 3.05) is 24.3 Å². The fourth-order valence-corrected chi connectivity index (χ4v) is 2.79. The molecule has 1 heterocycles. The lowest BCUT2D eigenvalue weighted by Gasteiger charge is -2.39. The van der Waals surface area contributed by atoms with E-state index in [0.29, 0.717) is 5.92 Å². The van der Waals surface area contributed by atoms with Crippen LogP contribution in [-0.4, -0.2) is 34.3 Å². The van der Waals surface area contributed by atoms with E-state index in [0.717, 1.165) is 30.9 Å². The average molecular weight is 250 g/mol. The molecule has 0 saturated heterocycles. The molecule has 0 aliphatic heterocycles. The molecule has 3 N–H and O–H groups in total.